The van der Waals surface area contributed by atoms with E-state index in [-0.39, 0.29) is 17.5 Å². The van der Waals surface area contributed by atoms with E-state index in [1.807, 2.05) is 48.2 Å². The number of hydrogen-bond acceptors (Lipinski definition) is 3. The van der Waals surface area contributed by atoms with Crippen LogP contribution in [-0.2, 0) is 11.2 Å². The van der Waals surface area contributed by atoms with Gasteiger partial charge in [0.2, 0.25) is 5.91 Å². The summed E-state index contributed by atoms with van der Waals surface area (Å²) in [6.07, 6.45) is 4.86. The molecule has 0 aliphatic rings. The highest BCUT2D eigenvalue weighted by Crippen LogP contribution is 2.27. The molecule has 1 heterocycles. The molecule has 0 radical (unpaired) electrons. The Morgan fingerprint density at radius 3 is 2.34 bits per heavy atom. The molecule has 5 nitrogen and oxygen atoms in total. The smallest absolute Gasteiger partial charge is 0.266 e. The molecule has 0 fully saturated rings. The van der Waals surface area contributed by atoms with Crippen molar-refractivity contribution in [2.45, 2.75) is 72.3 Å². The van der Waals surface area contributed by atoms with Gasteiger partial charge in [-0.25, -0.2) is 4.98 Å². The largest absolute Gasteiger partial charge is 0.333 e. The summed E-state index contributed by atoms with van der Waals surface area (Å²) >= 11 is 0. The fourth-order valence-corrected chi connectivity index (χ4v) is 4.19. The van der Waals surface area contributed by atoms with Crippen LogP contribution in [0.1, 0.15) is 77.2 Å². The average molecular weight is 434 g/mol. The number of rotatable bonds is 10. The third-order valence-electron chi connectivity index (χ3n) is 6.00. The predicted molar refractivity (Wildman–Crippen MR) is 131 cm³/mol. The maximum absolute atomic E-state index is 13.7. The van der Waals surface area contributed by atoms with Gasteiger partial charge in [0.1, 0.15) is 5.82 Å². The lowest BCUT2D eigenvalue weighted by molar-refractivity contribution is -0.134. The molecule has 32 heavy (non-hydrogen) atoms. The molecule has 170 valence electrons. The van der Waals surface area contributed by atoms with Gasteiger partial charge in [0, 0.05) is 13.0 Å². The Labute approximate surface area is 191 Å². The Bertz CT molecular complexity index is 1100. The summed E-state index contributed by atoms with van der Waals surface area (Å²) < 4.78 is 1.72. The second-order valence-electron chi connectivity index (χ2n) is 8.26. The quantitative estimate of drug-likeness (QED) is 0.404. The summed E-state index contributed by atoms with van der Waals surface area (Å²) in [5.74, 6) is 0.768. The molecule has 1 amide bonds. The topological polar surface area (TPSA) is 55.2 Å². The van der Waals surface area contributed by atoms with Crippen molar-refractivity contribution >= 4 is 16.8 Å². The normalized spacial score (nSPS) is 12.1. The third-order valence-corrected chi connectivity index (χ3v) is 6.00. The molecule has 0 bridgehead atoms. The van der Waals surface area contributed by atoms with Gasteiger partial charge in [-0.2, -0.15) is 0 Å². The zero-order valence-electron chi connectivity index (χ0n) is 19.8. The van der Waals surface area contributed by atoms with Crippen LogP contribution in [0.5, 0.6) is 0 Å². The second-order valence-corrected chi connectivity index (χ2v) is 8.26. The van der Waals surface area contributed by atoms with E-state index >= 15 is 0 Å². The first-order valence-corrected chi connectivity index (χ1v) is 12.0. The van der Waals surface area contributed by atoms with Gasteiger partial charge >= 0.3 is 0 Å². The SMILES string of the molecule is CCCCN(C(=O)CCC)C(CC)c1nc2ccccc2c(=O)n1-c1ccc(CC)cc1. The number of para-hydroxylation sites is 1. The van der Waals surface area contributed by atoms with E-state index in [0.29, 0.717) is 36.1 Å². The van der Waals surface area contributed by atoms with E-state index < -0.39 is 0 Å². The minimum absolute atomic E-state index is 0.0910. The number of hydrogen-bond donors (Lipinski definition) is 0. The molecule has 2 aromatic carbocycles. The molecular formula is C27H35N3O2. The number of carbonyl (C=O) groups is 1. The standard InChI is InChI=1S/C27H35N3O2/c1-5-9-19-29(25(31)12-6-2)24(8-4)26-28-23-14-11-10-13-22(23)27(32)30(26)21-17-15-20(7-3)16-18-21/h10-11,13-18,24H,5-9,12,19H2,1-4H3. The second kappa shape index (κ2) is 11.1. The monoisotopic (exact) mass is 433 g/mol. The van der Waals surface area contributed by atoms with Crippen LogP contribution in [-0.4, -0.2) is 26.9 Å². The van der Waals surface area contributed by atoms with Crippen LogP contribution >= 0.6 is 0 Å². The highest BCUT2D eigenvalue weighted by atomic mass is 16.2. The van der Waals surface area contributed by atoms with Crippen LogP contribution in [0.2, 0.25) is 0 Å². The molecule has 0 saturated heterocycles. The summed E-state index contributed by atoms with van der Waals surface area (Å²) in [4.78, 5) is 33.7. The number of unbranched alkanes of at least 4 members (excludes halogenated alkanes) is 1. The molecule has 3 aromatic rings. The maximum atomic E-state index is 13.7. The predicted octanol–water partition coefficient (Wildman–Crippen LogP) is 5.83. The Hall–Kier alpha value is -2.95. The summed E-state index contributed by atoms with van der Waals surface area (Å²) in [7, 11) is 0. The number of nitrogens with zero attached hydrogens (tertiary/aromatic N) is 3. The Morgan fingerprint density at radius 2 is 1.72 bits per heavy atom. The zero-order valence-corrected chi connectivity index (χ0v) is 19.8. The highest BCUT2D eigenvalue weighted by Gasteiger charge is 2.28. The van der Waals surface area contributed by atoms with E-state index in [0.717, 1.165) is 31.4 Å². The van der Waals surface area contributed by atoms with Crippen molar-refractivity contribution in [2.75, 3.05) is 6.54 Å². The van der Waals surface area contributed by atoms with Crippen molar-refractivity contribution in [1.82, 2.24) is 14.5 Å². The number of aromatic nitrogens is 2. The number of carbonyl (C=O) groups excluding carboxylic acids is 1. The van der Waals surface area contributed by atoms with Crippen molar-refractivity contribution in [2.24, 2.45) is 0 Å². The van der Waals surface area contributed by atoms with Crippen LogP contribution in [0.3, 0.4) is 0 Å². The molecule has 0 saturated carbocycles. The lowest BCUT2D eigenvalue weighted by Crippen LogP contribution is -2.39. The molecule has 1 unspecified atom stereocenters. The number of amides is 1. The molecule has 0 aliphatic heterocycles. The first kappa shape index (κ1) is 23.7. The summed E-state index contributed by atoms with van der Waals surface area (Å²) in [6.45, 7) is 9.00. The van der Waals surface area contributed by atoms with Crippen molar-refractivity contribution in [3.63, 3.8) is 0 Å². The number of benzene rings is 2. The van der Waals surface area contributed by atoms with Gasteiger partial charge in [0.05, 0.1) is 22.6 Å². The minimum atomic E-state index is -0.260. The molecule has 0 spiro atoms. The molecular weight excluding hydrogens is 398 g/mol. The van der Waals surface area contributed by atoms with Crippen molar-refractivity contribution in [3.8, 4) is 5.69 Å². The van der Waals surface area contributed by atoms with Crippen molar-refractivity contribution in [3.05, 3.63) is 70.3 Å². The van der Waals surface area contributed by atoms with Crippen LogP contribution in [0.15, 0.2) is 53.3 Å². The molecule has 5 heteroatoms. The van der Waals surface area contributed by atoms with Crippen molar-refractivity contribution < 1.29 is 4.79 Å². The molecule has 1 aromatic heterocycles. The zero-order chi connectivity index (χ0) is 23.1. The van der Waals surface area contributed by atoms with Crippen molar-refractivity contribution in [1.29, 1.82) is 0 Å². The van der Waals surface area contributed by atoms with Gasteiger partial charge in [0.15, 0.2) is 0 Å². The summed E-state index contributed by atoms with van der Waals surface area (Å²) in [5.41, 5.74) is 2.58. The summed E-state index contributed by atoms with van der Waals surface area (Å²) in [6, 6.07) is 15.3. The highest BCUT2D eigenvalue weighted by molar-refractivity contribution is 5.79. The fraction of sp³-hybridized carbons (Fsp3) is 0.444. The minimum Gasteiger partial charge on any atom is -0.333 e. The van der Waals surface area contributed by atoms with Gasteiger partial charge in [0.25, 0.3) is 5.56 Å². The van der Waals surface area contributed by atoms with E-state index in [4.69, 9.17) is 4.98 Å². The third kappa shape index (κ3) is 4.93. The average Bonchev–Trinajstić information content (AvgIpc) is 2.82. The van der Waals surface area contributed by atoms with Gasteiger partial charge in [-0.3, -0.25) is 14.2 Å². The van der Waals surface area contributed by atoms with Crippen LogP contribution in [0.25, 0.3) is 16.6 Å². The van der Waals surface area contributed by atoms with Gasteiger partial charge in [-0.15, -0.1) is 0 Å². The Balaban J connectivity index is 2.25. The molecule has 3 rings (SSSR count). The van der Waals surface area contributed by atoms with Crippen LogP contribution in [0.4, 0.5) is 0 Å². The van der Waals surface area contributed by atoms with E-state index in [1.165, 1.54) is 5.56 Å². The van der Waals surface area contributed by atoms with Gasteiger partial charge in [-0.05, 0) is 55.5 Å². The fourth-order valence-electron chi connectivity index (χ4n) is 4.19. The summed E-state index contributed by atoms with van der Waals surface area (Å²) in [5, 5.41) is 0.589. The number of fused-ring (bicyclic) bond motifs is 1. The molecule has 1 atom stereocenters. The lowest BCUT2D eigenvalue weighted by Gasteiger charge is -2.32. The van der Waals surface area contributed by atoms with Crippen LogP contribution in [0, 0.1) is 0 Å². The van der Waals surface area contributed by atoms with Crippen LogP contribution < -0.4 is 5.56 Å². The van der Waals surface area contributed by atoms with E-state index in [2.05, 4.69) is 32.9 Å². The first-order valence-electron chi connectivity index (χ1n) is 12.0. The Morgan fingerprint density at radius 1 is 1.00 bits per heavy atom. The van der Waals surface area contributed by atoms with Gasteiger partial charge in [-0.1, -0.05) is 58.4 Å². The first-order chi connectivity index (χ1) is 15.5. The van der Waals surface area contributed by atoms with E-state index in [9.17, 15) is 9.59 Å². The lowest BCUT2D eigenvalue weighted by atomic mass is 10.1. The Kier molecular flexibility index (Phi) is 8.20. The van der Waals surface area contributed by atoms with E-state index in [1.54, 1.807) is 4.57 Å². The maximum Gasteiger partial charge on any atom is 0.266 e. The van der Waals surface area contributed by atoms with Gasteiger partial charge < -0.3 is 4.90 Å². The molecule has 0 aliphatic carbocycles. The number of aryl methyl sites for hydroxylation is 1. The molecule has 0 N–H and O–H groups in total.